The van der Waals surface area contributed by atoms with Gasteiger partial charge in [0.1, 0.15) is 5.56 Å². The quantitative estimate of drug-likeness (QED) is 0.566. The van der Waals surface area contributed by atoms with Crippen molar-refractivity contribution in [2.24, 2.45) is 0 Å². The molecule has 0 bridgehead atoms. The Labute approximate surface area is 90.2 Å². The number of methoxy groups -OCH3 is 1. The Kier molecular flexibility index (Phi) is 3.60. The second-order valence-electron chi connectivity index (χ2n) is 2.82. The third-order valence-electron chi connectivity index (χ3n) is 1.76. The molecule has 84 valence electrons. The van der Waals surface area contributed by atoms with Gasteiger partial charge >= 0.3 is 11.9 Å². The lowest BCUT2D eigenvalue weighted by molar-refractivity contribution is -0.134. The number of carbonyl (C=O) groups is 2. The van der Waals surface area contributed by atoms with Crippen LogP contribution in [0, 0.1) is 0 Å². The second kappa shape index (κ2) is 4.92. The molecule has 1 aromatic heterocycles. The first-order valence-corrected chi connectivity index (χ1v) is 4.27. The third kappa shape index (κ3) is 2.81. The molecule has 0 unspecified atom stereocenters. The fourth-order valence-electron chi connectivity index (χ4n) is 0.980. The standard InChI is InChI=1S/C10H9NO5/c1-16-8(12)5-3-6-2-4-7(10(14)15)9(13)11-6/h2-5H,1H3,(H,11,13)(H,14,15)/b5-3+. The molecule has 0 aromatic carbocycles. The fraction of sp³-hybridized carbons (Fsp3) is 0.100. The number of aromatic nitrogens is 1. The Morgan fingerprint density at radius 1 is 1.44 bits per heavy atom. The molecule has 0 radical (unpaired) electrons. The number of aromatic amines is 1. The third-order valence-corrected chi connectivity index (χ3v) is 1.76. The monoisotopic (exact) mass is 223 g/mol. The minimum atomic E-state index is -1.30. The van der Waals surface area contributed by atoms with Crippen molar-refractivity contribution in [1.82, 2.24) is 4.98 Å². The van der Waals surface area contributed by atoms with Crippen LogP contribution in [-0.2, 0) is 9.53 Å². The van der Waals surface area contributed by atoms with Crippen LogP contribution in [0.15, 0.2) is 23.0 Å². The number of pyridine rings is 1. The van der Waals surface area contributed by atoms with Crippen LogP contribution in [0.3, 0.4) is 0 Å². The molecule has 0 amide bonds. The number of carbonyl (C=O) groups excluding carboxylic acids is 1. The van der Waals surface area contributed by atoms with Gasteiger partial charge in [-0.05, 0) is 18.2 Å². The van der Waals surface area contributed by atoms with Gasteiger partial charge in [-0.25, -0.2) is 9.59 Å². The zero-order valence-electron chi connectivity index (χ0n) is 8.39. The molecule has 0 saturated heterocycles. The number of nitrogens with one attached hydrogen (secondary N) is 1. The number of rotatable bonds is 3. The molecular formula is C10H9NO5. The van der Waals surface area contributed by atoms with E-state index in [2.05, 4.69) is 9.72 Å². The molecular weight excluding hydrogens is 214 g/mol. The number of hydrogen-bond acceptors (Lipinski definition) is 4. The second-order valence-corrected chi connectivity index (χ2v) is 2.82. The minimum absolute atomic E-state index is 0.320. The molecule has 0 fully saturated rings. The lowest BCUT2D eigenvalue weighted by Gasteiger charge is -1.95. The van der Waals surface area contributed by atoms with Crippen LogP contribution in [0.4, 0.5) is 0 Å². The van der Waals surface area contributed by atoms with E-state index in [1.165, 1.54) is 19.3 Å². The van der Waals surface area contributed by atoms with Gasteiger partial charge in [-0.3, -0.25) is 4.79 Å². The van der Waals surface area contributed by atoms with Gasteiger partial charge in [0.2, 0.25) is 0 Å². The van der Waals surface area contributed by atoms with Crippen LogP contribution >= 0.6 is 0 Å². The lowest BCUT2D eigenvalue weighted by atomic mass is 10.2. The van der Waals surface area contributed by atoms with Gasteiger partial charge in [0, 0.05) is 11.8 Å². The van der Waals surface area contributed by atoms with Gasteiger partial charge in [0.15, 0.2) is 0 Å². The average molecular weight is 223 g/mol. The van der Waals surface area contributed by atoms with Crippen molar-refractivity contribution in [2.45, 2.75) is 0 Å². The molecule has 0 aliphatic heterocycles. The molecule has 2 N–H and O–H groups in total. The summed E-state index contributed by atoms with van der Waals surface area (Å²) in [7, 11) is 1.23. The lowest BCUT2D eigenvalue weighted by Crippen LogP contribution is -2.17. The largest absolute Gasteiger partial charge is 0.477 e. The van der Waals surface area contributed by atoms with Crippen molar-refractivity contribution in [3.8, 4) is 0 Å². The van der Waals surface area contributed by atoms with Gasteiger partial charge in [0.25, 0.3) is 5.56 Å². The highest BCUT2D eigenvalue weighted by molar-refractivity contribution is 5.88. The Morgan fingerprint density at radius 3 is 2.62 bits per heavy atom. The summed E-state index contributed by atoms with van der Waals surface area (Å²) in [4.78, 5) is 34.8. The van der Waals surface area contributed by atoms with E-state index in [9.17, 15) is 14.4 Å². The molecule has 16 heavy (non-hydrogen) atoms. The van der Waals surface area contributed by atoms with E-state index in [4.69, 9.17) is 5.11 Å². The van der Waals surface area contributed by atoms with Gasteiger partial charge in [-0.1, -0.05) is 0 Å². The first-order chi connectivity index (χ1) is 7.54. The summed E-state index contributed by atoms with van der Waals surface area (Å²) in [6.45, 7) is 0. The van der Waals surface area contributed by atoms with E-state index in [1.54, 1.807) is 0 Å². The summed E-state index contributed by atoms with van der Waals surface area (Å²) in [5.41, 5.74) is -0.755. The van der Waals surface area contributed by atoms with E-state index in [1.807, 2.05) is 0 Å². The molecule has 0 saturated carbocycles. The summed E-state index contributed by atoms with van der Waals surface area (Å²) in [5.74, 6) is -1.87. The topological polar surface area (TPSA) is 96.5 Å². The Balaban J connectivity index is 2.98. The van der Waals surface area contributed by atoms with Crippen LogP contribution in [0.5, 0.6) is 0 Å². The molecule has 0 aliphatic carbocycles. The summed E-state index contributed by atoms with van der Waals surface area (Å²) in [6.07, 6.45) is 2.44. The molecule has 1 rings (SSSR count). The summed E-state index contributed by atoms with van der Waals surface area (Å²) in [5, 5.41) is 8.60. The van der Waals surface area contributed by atoms with Crippen molar-refractivity contribution in [2.75, 3.05) is 7.11 Å². The van der Waals surface area contributed by atoms with Crippen LogP contribution in [0.2, 0.25) is 0 Å². The minimum Gasteiger partial charge on any atom is -0.477 e. The Hall–Kier alpha value is -2.37. The molecule has 0 atom stereocenters. The highest BCUT2D eigenvalue weighted by Gasteiger charge is 2.07. The van der Waals surface area contributed by atoms with Gasteiger partial charge in [-0.2, -0.15) is 0 Å². The summed E-state index contributed by atoms with van der Waals surface area (Å²) >= 11 is 0. The van der Waals surface area contributed by atoms with Gasteiger partial charge in [0.05, 0.1) is 7.11 Å². The molecule has 1 aromatic rings. The summed E-state index contributed by atoms with van der Waals surface area (Å²) in [6, 6.07) is 2.54. The first-order valence-electron chi connectivity index (χ1n) is 4.27. The number of aromatic carboxylic acids is 1. The number of hydrogen-bond donors (Lipinski definition) is 2. The van der Waals surface area contributed by atoms with Crippen molar-refractivity contribution >= 4 is 18.0 Å². The molecule has 1 heterocycles. The molecule has 6 heteroatoms. The Morgan fingerprint density at radius 2 is 2.12 bits per heavy atom. The molecule has 0 spiro atoms. The number of ether oxygens (including phenoxy) is 1. The SMILES string of the molecule is COC(=O)/C=C/c1ccc(C(=O)O)c(=O)[nH]1. The zero-order valence-corrected chi connectivity index (χ0v) is 8.39. The van der Waals surface area contributed by atoms with E-state index in [0.717, 1.165) is 12.1 Å². The van der Waals surface area contributed by atoms with E-state index >= 15 is 0 Å². The predicted octanol–water partition coefficient (Wildman–Crippen LogP) is 0.259. The zero-order chi connectivity index (χ0) is 12.1. The average Bonchev–Trinajstić information content (AvgIpc) is 2.25. The van der Waals surface area contributed by atoms with E-state index < -0.39 is 17.5 Å². The van der Waals surface area contributed by atoms with Gasteiger partial charge in [-0.15, -0.1) is 0 Å². The van der Waals surface area contributed by atoms with Crippen LogP contribution in [0.25, 0.3) is 6.08 Å². The normalized spacial score (nSPS) is 10.3. The highest BCUT2D eigenvalue weighted by Crippen LogP contribution is 1.98. The number of H-pyrrole nitrogens is 1. The maximum Gasteiger partial charge on any atom is 0.341 e. The Bertz CT molecular complexity index is 500. The molecule has 6 nitrogen and oxygen atoms in total. The van der Waals surface area contributed by atoms with Crippen molar-refractivity contribution in [1.29, 1.82) is 0 Å². The number of carboxylic acids is 1. The van der Waals surface area contributed by atoms with Crippen molar-refractivity contribution < 1.29 is 19.4 Å². The van der Waals surface area contributed by atoms with Crippen molar-refractivity contribution in [3.63, 3.8) is 0 Å². The highest BCUT2D eigenvalue weighted by atomic mass is 16.5. The first kappa shape index (κ1) is 11.7. The summed E-state index contributed by atoms with van der Waals surface area (Å²) < 4.78 is 4.35. The molecule has 0 aliphatic rings. The number of esters is 1. The maximum absolute atomic E-state index is 11.2. The van der Waals surface area contributed by atoms with Crippen molar-refractivity contribution in [3.05, 3.63) is 39.8 Å². The van der Waals surface area contributed by atoms with Crippen LogP contribution in [-0.4, -0.2) is 29.1 Å². The smallest absolute Gasteiger partial charge is 0.341 e. The number of carboxylic acid groups (broad SMARTS) is 1. The fourth-order valence-corrected chi connectivity index (χ4v) is 0.980. The van der Waals surface area contributed by atoms with E-state index in [-0.39, 0.29) is 5.56 Å². The maximum atomic E-state index is 11.2. The van der Waals surface area contributed by atoms with Crippen LogP contribution < -0.4 is 5.56 Å². The van der Waals surface area contributed by atoms with Crippen LogP contribution in [0.1, 0.15) is 16.1 Å². The van der Waals surface area contributed by atoms with E-state index in [0.29, 0.717) is 5.69 Å². The van der Waals surface area contributed by atoms with Gasteiger partial charge < -0.3 is 14.8 Å². The predicted molar refractivity (Wildman–Crippen MR) is 55.1 cm³/mol.